The number of fused-ring (bicyclic) bond motifs is 1. The van der Waals surface area contributed by atoms with Crippen molar-refractivity contribution >= 4 is 40.0 Å². The maximum absolute atomic E-state index is 12.4. The number of hydrogen-bond donors (Lipinski definition) is 2. The number of guanidine groups is 1. The summed E-state index contributed by atoms with van der Waals surface area (Å²) in [5.41, 5.74) is 3.58. The number of benzene rings is 2. The summed E-state index contributed by atoms with van der Waals surface area (Å²) >= 11 is 0. The number of rotatable bonds is 7. The molecule has 3 rings (SSSR count). The van der Waals surface area contributed by atoms with Crippen LogP contribution in [0.1, 0.15) is 16.7 Å². The smallest absolute Gasteiger partial charge is 0.240 e. The number of methoxy groups -OCH3 is 1. The van der Waals surface area contributed by atoms with Gasteiger partial charge in [-0.1, -0.05) is 36.4 Å². The van der Waals surface area contributed by atoms with Crippen molar-refractivity contribution in [3.8, 4) is 0 Å². The van der Waals surface area contributed by atoms with Gasteiger partial charge in [-0.15, -0.1) is 24.0 Å². The average molecular weight is 544 g/mol. The van der Waals surface area contributed by atoms with Crippen molar-refractivity contribution in [3.05, 3.63) is 65.2 Å². The third-order valence-electron chi connectivity index (χ3n) is 4.90. The normalized spacial score (nSPS) is 14.1. The molecule has 2 N–H and O–H groups in total. The molecule has 2 aromatic carbocycles. The highest BCUT2D eigenvalue weighted by Crippen LogP contribution is 2.18. The molecular formula is C21H29IN4O3S. The van der Waals surface area contributed by atoms with Gasteiger partial charge in [-0.25, -0.2) is 13.1 Å². The molecule has 164 valence electrons. The maximum Gasteiger partial charge on any atom is 0.240 e. The van der Waals surface area contributed by atoms with Crippen LogP contribution in [0.2, 0.25) is 0 Å². The number of nitrogens with one attached hydrogen (secondary N) is 2. The lowest BCUT2D eigenvalue weighted by Crippen LogP contribution is -2.43. The first-order valence-electron chi connectivity index (χ1n) is 9.63. The summed E-state index contributed by atoms with van der Waals surface area (Å²) in [6, 6.07) is 15.4. The Balaban J connectivity index is 0.00000320. The Hall–Kier alpha value is -1.69. The first-order chi connectivity index (χ1) is 14.0. The second-order valence-electron chi connectivity index (χ2n) is 6.88. The molecule has 2 aromatic rings. The Morgan fingerprint density at radius 2 is 1.93 bits per heavy atom. The van der Waals surface area contributed by atoms with Gasteiger partial charge >= 0.3 is 0 Å². The van der Waals surface area contributed by atoms with Crippen molar-refractivity contribution in [2.45, 2.75) is 24.4 Å². The summed E-state index contributed by atoms with van der Waals surface area (Å²) in [6.07, 6.45) is 0.984. The maximum atomic E-state index is 12.4. The van der Waals surface area contributed by atoms with E-state index < -0.39 is 10.0 Å². The third-order valence-corrected chi connectivity index (χ3v) is 6.36. The van der Waals surface area contributed by atoms with Gasteiger partial charge in [-0.3, -0.25) is 4.99 Å². The van der Waals surface area contributed by atoms with E-state index in [1.807, 2.05) is 6.07 Å². The molecule has 0 radical (unpaired) electrons. The summed E-state index contributed by atoms with van der Waals surface area (Å²) in [5, 5.41) is 3.36. The molecule has 0 saturated carbocycles. The molecule has 1 aliphatic heterocycles. The zero-order valence-corrected chi connectivity index (χ0v) is 20.4. The van der Waals surface area contributed by atoms with E-state index >= 15 is 0 Å². The first kappa shape index (κ1) is 24.6. The van der Waals surface area contributed by atoms with Crippen LogP contribution in [0.3, 0.4) is 0 Å². The average Bonchev–Trinajstić information content (AvgIpc) is 2.74. The lowest BCUT2D eigenvalue weighted by molar-refractivity contribution is 0.204. The molecule has 0 aliphatic carbocycles. The van der Waals surface area contributed by atoms with E-state index in [-0.39, 0.29) is 35.4 Å². The molecule has 0 amide bonds. The van der Waals surface area contributed by atoms with Crippen LogP contribution in [0, 0.1) is 0 Å². The minimum absolute atomic E-state index is 0. The van der Waals surface area contributed by atoms with Crippen LogP contribution < -0.4 is 10.0 Å². The molecule has 7 nitrogen and oxygen atoms in total. The van der Waals surface area contributed by atoms with Crippen molar-refractivity contribution in [1.29, 1.82) is 0 Å². The fourth-order valence-electron chi connectivity index (χ4n) is 3.37. The molecule has 0 aromatic heterocycles. The second-order valence-corrected chi connectivity index (χ2v) is 8.65. The van der Waals surface area contributed by atoms with Crippen molar-refractivity contribution in [2.75, 3.05) is 33.9 Å². The Labute approximate surface area is 196 Å². The molecular weight excluding hydrogens is 515 g/mol. The van der Waals surface area contributed by atoms with Crippen LogP contribution in [-0.4, -0.2) is 53.1 Å². The van der Waals surface area contributed by atoms with Crippen LogP contribution in [-0.2, 0) is 34.3 Å². The fraction of sp³-hybridized carbons (Fsp3) is 0.381. The molecule has 9 heteroatoms. The zero-order valence-electron chi connectivity index (χ0n) is 17.3. The van der Waals surface area contributed by atoms with Crippen LogP contribution >= 0.6 is 24.0 Å². The topological polar surface area (TPSA) is 83.0 Å². The number of aliphatic imine (C=N–C) groups is 1. The van der Waals surface area contributed by atoms with E-state index in [0.29, 0.717) is 13.2 Å². The number of hydrogen-bond acceptors (Lipinski definition) is 4. The fourth-order valence-corrected chi connectivity index (χ4v) is 4.46. The molecule has 0 spiro atoms. The molecule has 0 bridgehead atoms. The van der Waals surface area contributed by atoms with E-state index in [4.69, 9.17) is 4.74 Å². The van der Waals surface area contributed by atoms with Gasteiger partial charge in [-0.2, -0.15) is 0 Å². The Kier molecular flexibility index (Phi) is 9.53. The van der Waals surface area contributed by atoms with Gasteiger partial charge < -0.3 is 15.0 Å². The van der Waals surface area contributed by atoms with E-state index in [1.165, 1.54) is 18.2 Å². The Morgan fingerprint density at radius 1 is 1.17 bits per heavy atom. The minimum Gasteiger partial charge on any atom is -0.383 e. The lowest BCUT2D eigenvalue weighted by Gasteiger charge is -2.31. The second kappa shape index (κ2) is 11.6. The van der Waals surface area contributed by atoms with Crippen molar-refractivity contribution in [2.24, 2.45) is 4.99 Å². The van der Waals surface area contributed by atoms with E-state index in [0.717, 1.165) is 31.0 Å². The van der Waals surface area contributed by atoms with Crippen LogP contribution in [0.25, 0.3) is 0 Å². The summed E-state index contributed by atoms with van der Waals surface area (Å²) in [5.74, 6) is 0.811. The Bertz CT molecular complexity index is 966. The zero-order chi connectivity index (χ0) is 20.7. The standard InChI is InChI=1S/C21H28N4O3S.HI/c1-22-21(25-12-10-18-7-3-4-8-19(18)16-25)23-15-17-6-5-9-20(14-17)29(26,27)24-11-13-28-2;/h3-9,14,24H,10-13,15-16H2,1-2H3,(H,22,23);1H. The predicted molar refractivity (Wildman–Crippen MR) is 130 cm³/mol. The van der Waals surface area contributed by atoms with E-state index in [2.05, 4.69) is 44.2 Å². The highest BCUT2D eigenvalue weighted by molar-refractivity contribution is 14.0. The van der Waals surface area contributed by atoms with Crippen molar-refractivity contribution in [1.82, 2.24) is 14.9 Å². The summed E-state index contributed by atoms with van der Waals surface area (Å²) in [6.45, 7) is 2.77. The quantitative estimate of drug-likeness (QED) is 0.242. The molecule has 0 saturated heterocycles. The minimum atomic E-state index is -3.55. The van der Waals surface area contributed by atoms with Crippen molar-refractivity contribution < 1.29 is 13.2 Å². The molecule has 1 heterocycles. The van der Waals surface area contributed by atoms with Crippen molar-refractivity contribution in [3.63, 3.8) is 0 Å². The van der Waals surface area contributed by atoms with Gasteiger partial charge in [0.15, 0.2) is 5.96 Å². The largest absolute Gasteiger partial charge is 0.383 e. The molecule has 0 atom stereocenters. The Morgan fingerprint density at radius 3 is 2.67 bits per heavy atom. The van der Waals surface area contributed by atoms with E-state index in [9.17, 15) is 8.42 Å². The highest BCUT2D eigenvalue weighted by atomic mass is 127. The third kappa shape index (κ3) is 6.40. The van der Waals surface area contributed by atoms with Gasteiger partial charge in [0, 0.05) is 40.3 Å². The summed E-state index contributed by atoms with van der Waals surface area (Å²) in [7, 11) is -0.248. The van der Waals surface area contributed by atoms with Crippen LogP contribution in [0.15, 0.2) is 58.4 Å². The SMILES string of the molecule is CN=C(NCc1cccc(S(=O)(=O)NCCOC)c1)N1CCc2ccccc2C1.I. The first-order valence-corrected chi connectivity index (χ1v) is 11.1. The van der Waals surface area contributed by atoms with Gasteiger partial charge in [0.25, 0.3) is 0 Å². The lowest BCUT2D eigenvalue weighted by atomic mass is 10.0. The van der Waals surface area contributed by atoms with E-state index in [1.54, 1.807) is 25.2 Å². The molecule has 0 fully saturated rings. The number of nitrogens with zero attached hydrogens (tertiary/aromatic N) is 2. The van der Waals surface area contributed by atoms with Gasteiger partial charge in [-0.05, 0) is 35.2 Å². The number of halogens is 1. The molecule has 30 heavy (non-hydrogen) atoms. The van der Waals surface area contributed by atoms with Crippen LogP contribution in [0.5, 0.6) is 0 Å². The monoisotopic (exact) mass is 544 g/mol. The van der Waals surface area contributed by atoms with Gasteiger partial charge in [0.05, 0.1) is 11.5 Å². The van der Waals surface area contributed by atoms with Gasteiger partial charge in [0.1, 0.15) is 0 Å². The summed E-state index contributed by atoms with van der Waals surface area (Å²) < 4.78 is 32.2. The molecule has 0 unspecified atom stereocenters. The van der Waals surface area contributed by atoms with Crippen LogP contribution in [0.4, 0.5) is 0 Å². The highest BCUT2D eigenvalue weighted by Gasteiger charge is 2.19. The summed E-state index contributed by atoms with van der Waals surface area (Å²) in [4.78, 5) is 6.87. The van der Waals surface area contributed by atoms with Gasteiger partial charge in [0.2, 0.25) is 10.0 Å². The number of ether oxygens (including phenoxy) is 1. The predicted octanol–water partition coefficient (Wildman–Crippen LogP) is 2.36. The number of sulfonamides is 1. The molecule has 1 aliphatic rings.